The van der Waals surface area contributed by atoms with Crippen molar-refractivity contribution in [2.75, 3.05) is 0 Å². The Morgan fingerprint density at radius 3 is 1.73 bits per heavy atom. The molecule has 1 aromatic rings. The molecular weight excluding hydrogens is 276 g/mol. The van der Waals surface area contributed by atoms with Crippen LogP contribution in [0.5, 0.6) is 11.5 Å². The summed E-state index contributed by atoms with van der Waals surface area (Å²) in [5.74, 6) is 3.09. The molecule has 1 aromatic carbocycles. The van der Waals surface area contributed by atoms with E-state index in [0.717, 1.165) is 35.9 Å². The zero-order valence-corrected chi connectivity index (χ0v) is 12.3. The van der Waals surface area contributed by atoms with Gasteiger partial charge in [0.05, 0.1) is 0 Å². The lowest BCUT2D eigenvalue weighted by Crippen LogP contribution is -2.18. The summed E-state index contributed by atoms with van der Waals surface area (Å²) in [5.41, 5.74) is 11.6. The van der Waals surface area contributed by atoms with Crippen LogP contribution in [0.4, 0.5) is 0 Å². The maximum Gasteiger partial charge on any atom is 0.131 e. The molecule has 0 fully saturated rings. The highest BCUT2D eigenvalue weighted by Crippen LogP contribution is 2.25. The number of ether oxygens (including phenoxy) is 2. The van der Waals surface area contributed by atoms with Crippen molar-refractivity contribution >= 4 is 0 Å². The fourth-order valence-corrected chi connectivity index (χ4v) is 2.26. The number of rotatable bonds is 4. The van der Waals surface area contributed by atoms with Crippen molar-refractivity contribution in [3.8, 4) is 11.5 Å². The van der Waals surface area contributed by atoms with Crippen LogP contribution in [0.2, 0.25) is 0 Å². The van der Waals surface area contributed by atoms with E-state index in [2.05, 4.69) is 0 Å². The highest BCUT2D eigenvalue weighted by molar-refractivity contribution is 5.37. The molecule has 22 heavy (non-hydrogen) atoms. The van der Waals surface area contributed by atoms with E-state index in [1.54, 1.807) is 0 Å². The molecule has 0 radical (unpaired) electrons. The lowest BCUT2D eigenvalue weighted by Gasteiger charge is -2.15. The molecule has 0 heterocycles. The van der Waals surface area contributed by atoms with Crippen LogP contribution in [-0.2, 0) is 0 Å². The number of allylic oxidation sites excluding steroid dienone is 2. The Labute approximate surface area is 130 Å². The predicted octanol–water partition coefficient (Wildman–Crippen LogP) is 2.79. The highest BCUT2D eigenvalue weighted by Gasteiger charge is 2.08. The second-order valence-electron chi connectivity index (χ2n) is 5.41. The molecular formula is C18H20N2O2. The van der Waals surface area contributed by atoms with Crippen LogP contribution in [-0.4, -0.2) is 12.1 Å². The van der Waals surface area contributed by atoms with E-state index in [9.17, 15) is 0 Å². The fourth-order valence-electron chi connectivity index (χ4n) is 2.26. The largest absolute Gasteiger partial charge is 0.458 e. The summed E-state index contributed by atoms with van der Waals surface area (Å²) in [6, 6.07) is 7.74. The van der Waals surface area contributed by atoms with E-state index in [0.29, 0.717) is 0 Å². The first-order valence-electron chi connectivity index (χ1n) is 7.43. The minimum absolute atomic E-state index is 0.0819. The Morgan fingerprint density at radius 1 is 0.818 bits per heavy atom. The van der Waals surface area contributed by atoms with Gasteiger partial charge in [-0.3, -0.25) is 0 Å². The molecule has 3 rings (SSSR count). The topological polar surface area (TPSA) is 70.5 Å². The molecule has 0 bridgehead atoms. The minimum atomic E-state index is 0.0819. The van der Waals surface area contributed by atoms with Crippen molar-refractivity contribution in [3.05, 3.63) is 72.2 Å². The average Bonchev–Trinajstić information content (AvgIpc) is 2.52. The molecule has 2 aliphatic rings. The van der Waals surface area contributed by atoms with Gasteiger partial charge in [-0.25, -0.2) is 0 Å². The van der Waals surface area contributed by atoms with Crippen LogP contribution in [0, 0.1) is 0 Å². The van der Waals surface area contributed by atoms with E-state index in [1.165, 1.54) is 0 Å². The van der Waals surface area contributed by atoms with Crippen LogP contribution in [0.15, 0.2) is 72.2 Å². The maximum atomic E-state index is 5.83. The Balaban J connectivity index is 1.66. The number of nitrogens with two attached hydrogens (primary N) is 2. The quantitative estimate of drug-likeness (QED) is 0.896. The molecule has 2 atom stereocenters. The van der Waals surface area contributed by atoms with E-state index in [-0.39, 0.29) is 12.1 Å². The standard InChI is InChI=1S/C18H20N2O2/c19-13-4-8-15(9-5-13)21-17-2-1-3-18(12-17)22-16-10-6-14(20)7-11-16/h1-4,6,8-14H,5,7,19-20H2. The summed E-state index contributed by atoms with van der Waals surface area (Å²) in [6.45, 7) is 0. The summed E-state index contributed by atoms with van der Waals surface area (Å²) >= 11 is 0. The van der Waals surface area contributed by atoms with Gasteiger partial charge < -0.3 is 20.9 Å². The second-order valence-corrected chi connectivity index (χ2v) is 5.41. The second kappa shape index (κ2) is 6.64. The van der Waals surface area contributed by atoms with Crippen LogP contribution in [0.1, 0.15) is 12.8 Å². The fraction of sp³-hybridized carbons (Fsp3) is 0.222. The van der Waals surface area contributed by atoms with Gasteiger partial charge in [-0.15, -0.1) is 0 Å². The summed E-state index contributed by atoms with van der Waals surface area (Å²) in [5, 5.41) is 0. The summed E-state index contributed by atoms with van der Waals surface area (Å²) < 4.78 is 11.7. The zero-order valence-electron chi connectivity index (χ0n) is 12.3. The van der Waals surface area contributed by atoms with Gasteiger partial charge in [-0.2, -0.15) is 0 Å². The van der Waals surface area contributed by atoms with Crippen LogP contribution < -0.4 is 20.9 Å². The Hall–Kier alpha value is -2.30. The van der Waals surface area contributed by atoms with Gasteiger partial charge in [-0.05, 0) is 49.3 Å². The summed E-state index contributed by atoms with van der Waals surface area (Å²) in [6.07, 6.45) is 13.2. The Morgan fingerprint density at radius 2 is 1.32 bits per heavy atom. The number of hydrogen-bond donors (Lipinski definition) is 2. The first kappa shape index (κ1) is 14.6. The molecule has 2 aliphatic carbocycles. The molecule has 4 heteroatoms. The van der Waals surface area contributed by atoms with Crippen LogP contribution in [0.3, 0.4) is 0 Å². The van der Waals surface area contributed by atoms with Gasteiger partial charge in [0.2, 0.25) is 0 Å². The van der Waals surface area contributed by atoms with Gasteiger partial charge in [0.15, 0.2) is 0 Å². The molecule has 0 amide bonds. The normalized spacial score (nSPS) is 23.7. The third-order valence-electron chi connectivity index (χ3n) is 3.47. The maximum absolute atomic E-state index is 5.83. The van der Waals surface area contributed by atoms with E-state index < -0.39 is 0 Å². The lowest BCUT2D eigenvalue weighted by atomic mass is 10.1. The SMILES string of the molecule is NC1C=CC(Oc2cccc(OC3=CCC(N)C=C3)c2)=CC1. The van der Waals surface area contributed by atoms with Crippen molar-refractivity contribution in [2.45, 2.75) is 24.9 Å². The Bertz CT molecular complexity index is 606. The molecule has 2 unspecified atom stereocenters. The molecule has 0 aliphatic heterocycles. The Kier molecular flexibility index (Phi) is 4.42. The summed E-state index contributed by atoms with van der Waals surface area (Å²) in [7, 11) is 0. The number of hydrogen-bond acceptors (Lipinski definition) is 4. The van der Waals surface area contributed by atoms with Gasteiger partial charge in [0, 0.05) is 18.2 Å². The summed E-state index contributed by atoms with van der Waals surface area (Å²) in [4.78, 5) is 0. The molecule has 0 saturated carbocycles. The van der Waals surface area contributed by atoms with Gasteiger partial charge >= 0.3 is 0 Å². The number of benzene rings is 1. The van der Waals surface area contributed by atoms with Gasteiger partial charge in [-0.1, -0.05) is 18.2 Å². The van der Waals surface area contributed by atoms with Crippen LogP contribution in [0.25, 0.3) is 0 Å². The highest BCUT2D eigenvalue weighted by atomic mass is 16.5. The van der Waals surface area contributed by atoms with Crippen molar-refractivity contribution in [1.29, 1.82) is 0 Å². The van der Waals surface area contributed by atoms with Crippen molar-refractivity contribution < 1.29 is 9.47 Å². The molecule has 4 nitrogen and oxygen atoms in total. The average molecular weight is 296 g/mol. The van der Waals surface area contributed by atoms with Crippen molar-refractivity contribution in [3.63, 3.8) is 0 Å². The third kappa shape index (κ3) is 3.87. The van der Waals surface area contributed by atoms with E-state index in [1.807, 2.05) is 60.7 Å². The van der Waals surface area contributed by atoms with Gasteiger partial charge in [0.25, 0.3) is 0 Å². The van der Waals surface area contributed by atoms with E-state index in [4.69, 9.17) is 20.9 Å². The third-order valence-corrected chi connectivity index (χ3v) is 3.47. The molecule has 114 valence electrons. The monoisotopic (exact) mass is 296 g/mol. The smallest absolute Gasteiger partial charge is 0.131 e. The van der Waals surface area contributed by atoms with Crippen molar-refractivity contribution in [1.82, 2.24) is 0 Å². The first-order valence-corrected chi connectivity index (χ1v) is 7.43. The predicted molar refractivity (Wildman–Crippen MR) is 87.3 cm³/mol. The molecule has 0 saturated heterocycles. The molecule has 0 aromatic heterocycles. The molecule has 4 N–H and O–H groups in total. The van der Waals surface area contributed by atoms with Crippen molar-refractivity contribution in [2.24, 2.45) is 11.5 Å². The molecule has 0 spiro atoms. The van der Waals surface area contributed by atoms with Gasteiger partial charge in [0.1, 0.15) is 23.0 Å². The van der Waals surface area contributed by atoms with E-state index >= 15 is 0 Å². The minimum Gasteiger partial charge on any atom is -0.458 e. The lowest BCUT2D eigenvalue weighted by molar-refractivity contribution is 0.417. The van der Waals surface area contributed by atoms with Crippen LogP contribution >= 0.6 is 0 Å². The first-order chi connectivity index (χ1) is 10.7. The zero-order chi connectivity index (χ0) is 15.4.